The second-order valence-corrected chi connectivity index (χ2v) is 6.64. The van der Waals surface area contributed by atoms with Gasteiger partial charge in [-0.3, -0.25) is 4.79 Å². The highest BCUT2D eigenvalue weighted by Gasteiger charge is 2.29. The van der Waals surface area contributed by atoms with Crippen LogP contribution < -0.4 is 5.32 Å². The Morgan fingerprint density at radius 3 is 2.96 bits per heavy atom. The summed E-state index contributed by atoms with van der Waals surface area (Å²) in [5.41, 5.74) is 0. The maximum Gasteiger partial charge on any atom is 0.409 e. The van der Waals surface area contributed by atoms with Gasteiger partial charge in [-0.1, -0.05) is 24.7 Å². The van der Waals surface area contributed by atoms with Gasteiger partial charge in [-0.05, 0) is 26.2 Å². The van der Waals surface area contributed by atoms with Gasteiger partial charge in [0.05, 0.1) is 12.5 Å². The smallest absolute Gasteiger partial charge is 0.409 e. The molecule has 1 aromatic heterocycles. The van der Waals surface area contributed by atoms with E-state index in [-0.39, 0.29) is 17.9 Å². The Morgan fingerprint density at radius 2 is 2.22 bits per heavy atom. The third kappa shape index (κ3) is 5.16. The summed E-state index contributed by atoms with van der Waals surface area (Å²) >= 11 is 1.42. The van der Waals surface area contributed by atoms with Crippen molar-refractivity contribution in [3.8, 4) is 0 Å². The monoisotopic (exact) mass is 340 g/mol. The van der Waals surface area contributed by atoms with E-state index < -0.39 is 0 Å². The highest BCUT2D eigenvalue weighted by Crippen LogP contribution is 2.22. The van der Waals surface area contributed by atoms with Crippen molar-refractivity contribution in [2.24, 2.45) is 5.92 Å². The molecule has 0 bridgehead atoms. The lowest BCUT2D eigenvalue weighted by Gasteiger charge is -2.30. The maximum atomic E-state index is 12.4. The minimum Gasteiger partial charge on any atom is -0.450 e. The van der Waals surface area contributed by atoms with E-state index in [0.29, 0.717) is 24.8 Å². The molecule has 0 unspecified atom stereocenters. The van der Waals surface area contributed by atoms with Crippen molar-refractivity contribution in [3.63, 3.8) is 0 Å². The van der Waals surface area contributed by atoms with Crippen molar-refractivity contribution < 1.29 is 14.3 Å². The van der Waals surface area contributed by atoms with Gasteiger partial charge in [0.1, 0.15) is 5.01 Å². The molecule has 2 rings (SSSR count). The molecule has 0 aliphatic carbocycles. The summed E-state index contributed by atoms with van der Waals surface area (Å²) in [6, 6.07) is 0. The lowest BCUT2D eigenvalue weighted by molar-refractivity contribution is -0.121. The van der Waals surface area contributed by atoms with E-state index in [4.69, 9.17) is 4.74 Å². The van der Waals surface area contributed by atoms with E-state index >= 15 is 0 Å². The van der Waals surface area contributed by atoms with Crippen molar-refractivity contribution in [1.29, 1.82) is 0 Å². The van der Waals surface area contributed by atoms with E-state index in [1.54, 1.807) is 11.8 Å². The van der Waals surface area contributed by atoms with Crippen LogP contribution in [0.2, 0.25) is 0 Å². The number of aromatic nitrogens is 2. The fourth-order valence-corrected chi connectivity index (χ4v) is 3.30. The molecule has 1 N–H and O–H groups in total. The molecule has 1 aliphatic heterocycles. The third-order valence-electron chi connectivity index (χ3n) is 3.76. The number of piperidine rings is 1. The second-order valence-electron chi connectivity index (χ2n) is 5.58. The minimum atomic E-state index is -0.345. The molecular weight excluding hydrogens is 316 g/mol. The molecule has 1 aliphatic rings. The summed E-state index contributed by atoms with van der Waals surface area (Å²) in [7, 11) is 0. The first-order valence-electron chi connectivity index (χ1n) is 8.19. The molecular formula is C15H24N4O3S. The molecule has 2 heterocycles. The summed E-state index contributed by atoms with van der Waals surface area (Å²) in [5, 5.41) is 12.4. The maximum absolute atomic E-state index is 12.4. The van der Waals surface area contributed by atoms with Gasteiger partial charge in [-0.2, -0.15) is 0 Å². The number of ether oxygens (including phenoxy) is 1. The number of anilines is 1. The lowest BCUT2D eigenvalue weighted by Crippen LogP contribution is -2.44. The highest BCUT2D eigenvalue weighted by atomic mass is 32.1. The van der Waals surface area contributed by atoms with Crippen LogP contribution in [0, 0.1) is 5.92 Å². The highest BCUT2D eigenvalue weighted by molar-refractivity contribution is 7.15. The van der Waals surface area contributed by atoms with Gasteiger partial charge >= 0.3 is 6.09 Å². The van der Waals surface area contributed by atoms with Gasteiger partial charge < -0.3 is 15.0 Å². The first kappa shape index (κ1) is 17.7. The van der Waals surface area contributed by atoms with Crippen molar-refractivity contribution in [3.05, 3.63) is 5.01 Å². The fourth-order valence-electron chi connectivity index (χ4n) is 2.51. The molecule has 1 aromatic rings. The van der Waals surface area contributed by atoms with Crippen LogP contribution in [0.5, 0.6) is 0 Å². The van der Waals surface area contributed by atoms with Crippen LogP contribution >= 0.6 is 11.3 Å². The summed E-state index contributed by atoms with van der Waals surface area (Å²) in [5.74, 6) is -0.326. The Hall–Kier alpha value is -1.70. The molecule has 1 saturated heterocycles. The molecule has 0 radical (unpaired) electrons. The number of rotatable bonds is 6. The Balaban J connectivity index is 1.87. The number of nitrogens with zero attached hydrogens (tertiary/aromatic N) is 3. The molecule has 128 valence electrons. The van der Waals surface area contributed by atoms with E-state index in [0.717, 1.165) is 37.1 Å². The van der Waals surface area contributed by atoms with Crippen LogP contribution in [0.1, 0.15) is 44.5 Å². The lowest BCUT2D eigenvalue weighted by atomic mass is 9.97. The summed E-state index contributed by atoms with van der Waals surface area (Å²) in [6.45, 7) is 5.28. The quantitative estimate of drug-likeness (QED) is 0.860. The van der Waals surface area contributed by atoms with Crippen LogP contribution in [0.25, 0.3) is 0 Å². The van der Waals surface area contributed by atoms with E-state index in [2.05, 4.69) is 22.4 Å². The van der Waals surface area contributed by atoms with E-state index in [9.17, 15) is 9.59 Å². The largest absolute Gasteiger partial charge is 0.450 e. The topological polar surface area (TPSA) is 84.4 Å². The summed E-state index contributed by atoms with van der Waals surface area (Å²) < 4.78 is 5.00. The number of hydrogen-bond acceptors (Lipinski definition) is 6. The molecule has 7 nitrogen and oxygen atoms in total. The van der Waals surface area contributed by atoms with Gasteiger partial charge in [-0.15, -0.1) is 10.2 Å². The number of carbonyl (C=O) groups excluding carboxylic acids is 2. The van der Waals surface area contributed by atoms with Gasteiger partial charge in [0.25, 0.3) is 0 Å². The Labute approximate surface area is 140 Å². The van der Waals surface area contributed by atoms with Crippen LogP contribution in [-0.2, 0) is 16.0 Å². The molecule has 0 spiro atoms. The van der Waals surface area contributed by atoms with E-state index in [1.807, 2.05) is 0 Å². The molecule has 0 aromatic carbocycles. The normalized spacial score (nSPS) is 17.8. The standard InChI is InChI=1S/C15H24N4O3S/c1-3-5-8-12-17-18-14(23-12)16-13(20)11-7-6-9-19(10-11)15(21)22-4-2/h11H,3-10H2,1-2H3,(H,16,18,20)/t11-/m0/s1. The van der Waals surface area contributed by atoms with Crippen molar-refractivity contribution in [1.82, 2.24) is 15.1 Å². The molecule has 8 heteroatoms. The van der Waals surface area contributed by atoms with Crippen LogP contribution in [0.15, 0.2) is 0 Å². The fraction of sp³-hybridized carbons (Fsp3) is 0.733. The Morgan fingerprint density at radius 1 is 1.39 bits per heavy atom. The number of hydrogen-bond donors (Lipinski definition) is 1. The Bertz CT molecular complexity index is 535. The summed E-state index contributed by atoms with van der Waals surface area (Å²) in [6.07, 6.45) is 4.29. The zero-order chi connectivity index (χ0) is 16.7. The van der Waals surface area contributed by atoms with Gasteiger partial charge in [0.2, 0.25) is 11.0 Å². The number of carbonyl (C=O) groups is 2. The van der Waals surface area contributed by atoms with Crippen LogP contribution in [0.4, 0.5) is 9.93 Å². The number of likely N-dealkylation sites (tertiary alicyclic amines) is 1. The summed E-state index contributed by atoms with van der Waals surface area (Å²) in [4.78, 5) is 25.7. The zero-order valence-electron chi connectivity index (χ0n) is 13.7. The van der Waals surface area contributed by atoms with E-state index in [1.165, 1.54) is 11.3 Å². The average Bonchev–Trinajstić information content (AvgIpc) is 3.00. The van der Waals surface area contributed by atoms with Crippen LogP contribution in [0.3, 0.4) is 0 Å². The van der Waals surface area contributed by atoms with Gasteiger partial charge in [0.15, 0.2) is 0 Å². The first-order valence-corrected chi connectivity index (χ1v) is 9.00. The third-order valence-corrected chi connectivity index (χ3v) is 4.66. The zero-order valence-corrected chi connectivity index (χ0v) is 14.5. The molecule has 1 atom stereocenters. The molecule has 1 fully saturated rings. The molecule has 23 heavy (non-hydrogen) atoms. The predicted octanol–water partition coefficient (Wildman–Crippen LogP) is 2.69. The number of amides is 2. The van der Waals surface area contributed by atoms with Crippen molar-refractivity contribution >= 4 is 28.5 Å². The van der Waals surface area contributed by atoms with Crippen molar-refractivity contribution in [2.45, 2.75) is 46.0 Å². The second kappa shape index (κ2) is 8.81. The molecule has 2 amide bonds. The molecule has 0 saturated carbocycles. The van der Waals surface area contributed by atoms with Gasteiger partial charge in [-0.25, -0.2) is 4.79 Å². The average molecular weight is 340 g/mol. The van der Waals surface area contributed by atoms with Gasteiger partial charge in [0, 0.05) is 19.5 Å². The minimum absolute atomic E-state index is 0.0998. The first-order chi connectivity index (χ1) is 11.1. The number of aryl methyl sites for hydroxylation is 1. The predicted molar refractivity (Wildman–Crippen MR) is 88.5 cm³/mol. The van der Waals surface area contributed by atoms with Crippen molar-refractivity contribution in [2.75, 3.05) is 25.0 Å². The number of unbranched alkanes of at least 4 members (excludes halogenated alkanes) is 1. The number of nitrogens with one attached hydrogen (secondary N) is 1. The van der Waals surface area contributed by atoms with Crippen LogP contribution in [-0.4, -0.2) is 46.8 Å². The Kier molecular flexibility index (Phi) is 6.76. The SMILES string of the molecule is CCCCc1nnc(NC(=O)[C@H]2CCCN(C(=O)OCC)C2)s1.